The van der Waals surface area contributed by atoms with Crippen molar-refractivity contribution in [3.8, 4) is 5.75 Å². The van der Waals surface area contributed by atoms with Crippen LogP contribution in [0.25, 0.3) is 0 Å². The van der Waals surface area contributed by atoms with Gasteiger partial charge in [-0.15, -0.1) is 0 Å². The van der Waals surface area contributed by atoms with Crippen molar-refractivity contribution in [1.29, 1.82) is 0 Å². The molecule has 2 N–H and O–H groups in total. The van der Waals surface area contributed by atoms with Crippen LogP contribution in [-0.4, -0.2) is 20.6 Å². The second-order valence-corrected chi connectivity index (χ2v) is 5.51. The van der Waals surface area contributed by atoms with E-state index in [1.54, 1.807) is 12.5 Å². The van der Waals surface area contributed by atoms with E-state index in [1.165, 1.54) is 18.2 Å². The van der Waals surface area contributed by atoms with Crippen molar-refractivity contribution >= 4 is 5.69 Å². The highest BCUT2D eigenvalue weighted by Crippen LogP contribution is 2.22. The van der Waals surface area contributed by atoms with Crippen LogP contribution in [0.3, 0.4) is 0 Å². The normalized spacial score (nSPS) is 9.79. The van der Waals surface area contributed by atoms with Crippen molar-refractivity contribution in [3.05, 3.63) is 60.2 Å². The zero-order valence-electron chi connectivity index (χ0n) is 14.8. The van der Waals surface area contributed by atoms with Crippen LogP contribution in [0.4, 0.5) is 10.1 Å². The predicted octanol–water partition coefficient (Wildman–Crippen LogP) is 3.75. The minimum atomic E-state index is -0.333. The van der Waals surface area contributed by atoms with Gasteiger partial charge in [-0.1, -0.05) is 0 Å². The van der Waals surface area contributed by atoms with Gasteiger partial charge in [0.05, 0.1) is 17.5 Å². The molecule has 0 atom stereocenters. The molecule has 24 heavy (non-hydrogen) atoms. The Morgan fingerprint density at radius 2 is 1.96 bits per heavy atom. The van der Waals surface area contributed by atoms with Gasteiger partial charge in [-0.2, -0.15) is 0 Å². The number of rotatable bonds is 2. The summed E-state index contributed by atoms with van der Waals surface area (Å²) in [6, 6.07) is 5.97. The summed E-state index contributed by atoms with van der Waals surface area (Å²) in [5.74, 6) is 0.0739. The van der Waals surface area contributed by atoms with Gasteiger partial charge in [-0.3, -0.25) is 0 Å². The molecule has 2 aromatic rings. The quantitative estimate of drug-likeness (QED) is 0.851. The first-order valence-corrected chi connectivity index (χ1v) is 7.65. The number of benzene rings is 1. The third-order valence-corrected chi connectivity index (χ3v) is 3.19. The molecule has 5 nitrogen and oxygen atoms in total. The van der Waals surface area contributed by atoms with Crippen LogP contribution in [0.1, 0.15) is 25.2 Å². The Morgan fingerprint density at radius 1 is 1.25 bits per heavy atom. The van der Waals surface area contributed by atoms with E-state index in [1.807, 2.05) is 51.6 Å². The first kappa shape index (κ1) is 19.4. The van der Waals surface area contributed by atoms with E-state index < -0.39 is 0 Å². The number of aromatic nitrogens is 3. The van der Waals surface area contributed by atoms with Crippen molar-refractivity contribution < 1.29 is 9.13 Å². The molecule has 0 saturated carbocycles. The van der Waals surface area contributed by atoms with Crippen LogP contribution < -0.4 is 10.5 Å². The Labute approximate surface area is 142 Å². The smallest absolute Gasteiger partial charge is 0.145 e. The fraction of sp³-hybridized carbons (Fsp3) is 0.333. The van der Waals surface area contributed by atoms with Crippen LogP contribution in [0.2, 0.25) is 0 Å². The Hall–Kier alpha value is -2.63. The van der Waals surface area contributed by atoms with E-state index in [9.17, 15) is 4.39 Å². The SMILES string of the molecule is CC(C)Oc1cc(F)ccc1N.Cc1ncncccn(C)c1C. The molecular weight excluding hydrogens is 307 g/mol. The summed E-state index contributed by atoms with van der Waals surface area (Å²) in [7, 11) is 1.99. The van der Waals surface area contributed by atoms with Gasteiger partial charge in [-0.05, 0) is 45.9 Å². The number of ether oxygens (including phenoxy) is 1. The van der Waals surface area contributed by atoms with E-state index in [2.05, 4.69) is 9.97 Å². The predicted molar refractivity (Wildman–Crippen MR) is 94.7 cm³/mol. The summed E-state index contributed by atoms with van der Waals surface area (Å²) in [6.07, 6.45) is 5.24. The summed E-state index contributed by atoms with van der Waals surface area (Å²) in [5.41, 5.74) is 8.13. The zero-order valence-corrected chi connectivity index (χ0v) is 14.8. The van der Waals surface area contributed by atoms with Gasteiger partial charge in [0, 0.05) is 31.2 Å². The first-order chi connectivity index (χ1) is 11.3. The lowest BCUT2D eigenvalue weighted by Crippen LogP contribution is -2.07. The topological polar surface area (TPSA) is 66.0 Å². The van der Waals surface area contributed by atoms with Crippen LogP contribution >= 0.6 is 0 Å². The maximum Gasteiger partial charge on any atom is 0.145 e. The largest absolute Gasteiger partial charge is 0.489 e. The summed E-state index contributed by atoms with van der Waals surface area (Å²) >= 11 is 0. The molecule has 0 radical (unpaired) electrons. The number of nitrogen functional groups attached to an aromatic ring is 1. The van der Waals surface area contributed by atoms with Crippen molar-refractivity contribution in [2.24, 2.45) is 7.05 Å². The number of halogens is 1. The molecule has 0 aliphatic rings. The molecule has 1 aromatic carbocycles. The summed E-state index contributed by atoms with van der Waals surface area (Å²) in [6.45, 7) is 7.73. The van der Waals surface area contributed by atoms with E-state index in [0.29, 0.717) is 11.4 Å². The van der Waals surface area contributed by atoms with Crippen LogP contribution in [0.15, 0.2) is 43.0 Å². The van der Waals surface area contributed by atoms with E-state index >= 15 is 0 Å². The van der Waals surface area contributed by atoms with Gasteiger partial charge in [0.2, 0.25) is 0 Å². The van der Waals surface area contributed by atoms with Gasteiger partial charge in [0.1, 0.15) is 17.9 Å². The summed E-state index contributed by atoms with van der Waals surface area (Å²) in [5, 5.41) is 0. The van der Waals surface area contributed by atoms with E-state index in [0.717, 1.165) is 11.4 Å². The Balaban J connectivity index is 0.000000240. The number of nitrogens with zero attached hydrogens (tertiary/aromatic N) is 3. The minimum Gasteiger partial charge on any atom is -0.489 e. The molecule has 0 fully saturated rings. The molecule has 1 aromatic heterocycles. The molecule has 0 spiro atoms. The molecule has 1 heterocycles. The lowest BCUT2D eigenvalue weighted by molar-refractivity contribution is 0.243. The minimum absolute atomic E-state index is 0.00843. The average Bonchev–Trinajstić information content (AvgIpc) is 2.58. The highest BCUT2D eigenvalue weighted by atomic mass is 19.1. The molecular formula is C18H25FN4O. The van der Waals surface area contributed by atoms with E-state index in [4.69, 9.17) is 10.5 Å². The lowest BCUT2D eigenvalue weighted by atomic mass is 10.3. The second kappa shape index (κ2) is 9.50. The average molecular weight is 332 g/mol. The Morgan fingerprint density at radius 3 is 2.62 bits per heavy atom. The maximum absolute atomic E-state index is 12.7. The molecule has 0 saturated heterocycles. The summed E-state index contributed by atoms with van der Waals surface area (Å²) in [4.78, 5) is 8.10. The highest BCUT2D eigenvalue weighted by molar-refractivity contribution is 5.52. The number of hydrogen-bond donors (Lipinski definition) is 1. The Bertz CT molecular complexity index is 682. The maximum atomic E-state index is 12.7. The number of aryl methyl sites for hydroxylation is 2. The fourth-order valence-electron chi connectivity index (χ4n) is 1.70. The van der Waals surface area contributed by atoms with Gasteiger partial charge in [0.25, 0.3) is 0 Å². The lowest BCUT2D eigenvalue weighted by Gasteiger charge is -2.11. The first-order valence-electron chi connectivity index (χ1n) is 7.65. The highest BCUT2D eigenvalue weighted by Gasteiger charge is 2.03. The third kappa shape index (κ3) is 6.64. The number of nitrogens with two attached hydrogens (primary N) is 1. The summed E-state index contributed by atoms with van der Waals surface area (Å²) < 4.78 is 19.9. The number of anilines is 1. The molecule has 0 bridgehead atoms. The standard InChI is InChI=1S/C9H12FNO.C9H13N3/c1-6(2)12-9-5-7(10)3-4-8(9)11;1-8-9(2)12(3)6-4-5-10-7-11-8/h3-6H,11H2,1-2H3;4-7H,1-3H3. The van der Waals surface area contributed by atoms with Gasteiger partial charge < -0.3 is 15.0 Å². The van der Waals surface area contributed by atoms with Gasteiger partial charge in [-0.25, -0.2) is 14.4 Å². The Kier molecular flexibility index (Phi) is 7.68. The van der Waals surface area contributed by atoms with Crippen LogP contribution in [0, 0.1) is 19.7 Å². The van der Waals surface area contributed by atoms with Gasteiger partial charge in [0.15, 0.2) is 0 Å². The molecule has 0 unspecified atom stereocenters. The number of hydrogen-bond acceptors (Lipinski definition) is 4. The fourth-order valence-corrected chi connectivity index (χ4v) is 1.70. The van der Waals surface area contributed by atoms with Gasteiger partial charge >= 0.3 is 0 Å². The van der Waals surface area contributed by atoms with Crippen molar-refractivity contribution in [2.45, 2.75) is 33.8 Å². The molecule has 130 valence electrons. The van der Waals surface area contributed by atoms with Crippen molar-refractivity contribution in [2.75, 3.05) is 5.73 Å². The van der Waals surface area contributed by atoms with Crippen molar-refractivity contribution in [3.63, 3.8) is 0 Å². The van der Waals surface area contributed by atoms with Crippen LogP contribution in [0.5, 0.6) is 5.75 Å². The molecule has 0 aliphatic carbocycles. The van der Waals surface area contributed by atoms with Crippen LogP contribution in [-0.2, 0) is 7.05 Å². The third-order valence-electron chi connectivity index (χ3n) is 3.19. The van der Waals surface area contributed by atoms with Crippen molar-refractivity contribution in [1.82, 2.24) is 14.5 Å². The second-order valence-electron chi connectivity index (χ2n) is 5.51. The molecule has 0 amide bonds. The molecule has 0 aliphatic heterocycles. The monoisotopic (exact) mass is 332 g/mol. The molecule has 6 heteroatoms. The van der Waals surface area contributed by atoms with E-state index in [-0.39, 0.29) is 11.9 Å². The zero-order chi connectivity index (χ0) is 18.1. The molecule has 2 rings (SSSR count).